The summed E-state index contributed by atoms with van der Waals surface area (Å²) < 4.78 is 64.7. The molecule has 1 N–H and O–H groups in total. The number of ether oxygens (including phenoxy) is 2. The molecule has 2 aromatic carbocycles. The molecular formula is C20H23N3O7S2. The third-order valence-electron chi connectivity index (χ3n) is 5.19. The van der Waals surface area contributed by atoms with Crippen LogP contribution in [-0.2, 0) is 36.1 Å². The Morgan fingerprint density at radius 3 is 2.22 bits per heavy atom. The van der Waals surface area contributed by atoms with Gasteiger partial charge in [0.25, 0.3) is 0 Å². The number of rotatable bonds is 7. The molecule has 4 rings (SSSR count). The third-order valence-corrected chi connectivity index (χ3v) is 8.52. The third kappa shape index (κ3) is 4.79. The van der Waals surface area contributed by atoms with Gasteiger partial charge in [-0.2, -0.15) is 4.31 Å². The Balaban J connectivity index is 1.44. The SMILES string of the molecule is O=C1OCCN1c1cccc(CNS(=O)(=O)c2ccc(S(=O)(=O)N3CCOCC3)cc2)c1. The monoisotopic (exact) mass is 481 g/mol. The summed E-state index contributed by atoms with van der Waals surface area (Å²) in [6.07, 6.45) is -0.435. The van der Waals surface area contributed by atoms with Gasteiger partial charge < -0.3 is 9.47 Å². The highest BCUT2D eigenvalue weighted by Gasteiger charge is 2.27. The molecule has 32 heavy (non-hydrogen) atoms. The highest BCUT2D eigenvalue weighted by molar-refractivity contribution is 7.89. The number of sulfonamides is 2. The molecule has 1 amide bonds. The molecule has 0 bridgehead atoms. The number of cyclic esters (lactones) is 1. The van der Waals surface area contributed by atoms with Crippen molar-refractivity contribution in [3.05, 3.63) is 54.1 Å². The Kier molecular flexibility index (Phi) is 6.49. The second-order valence-electron chi connectivity index (χ2n) is 7.25. The summed E-state index contributed by atoms with van der Waals surface area (Å²) in [6, 6.07) is 12.1. The molecule has 2 heterocycles. The van der Waals surface area contributed by atoms with Crippen LogP contribution in [0.3, 0.4) is 0 Å². The van der Waals surface area contributed by atoms with Crippen molar-refractivity contribution in [2.75, 3.05) is 44.4 Å². The molecule has 0 aliphatic carbocycles. The number of benzene rings is 2. The van der Waals surface area contributed by atoms with Crippen LogP contribution in [0.5, 0.6) is 0 Å². The van der Waals surface area contributed by atoms with Crippen molar-refractivity contribution >= 4 is 31.8 Å². The molecule has 0 radical (unpaired) electrons. The van der Waals surface area contributed by atoms with Crippen molar-refractivity contribution in [3.63, 3.8) is 0 Å². The Hall–Kier alpha value is -2.51. The molecule has 0 atom stereocenters. The maximum atomic E-state index is 12.7. The number of nitrogens with one attached hydrogen (secondary N) is 1. The molecule has 2 aliphatic rings. The van der Waals surface area contributed by atoms with Gasteiger partial charge in [0.2, 0.25) is 20.0 Å². The summed E-state index contributed by atoms with van der Waals surface area (Å²) in [5, 5.41) is 0. The van der Waals surface area contributed by atoms with Crippen LogP contribution in [0.4, 0.5) is 10.5 Å². The average Bonchev–Trinajstić information content (AvgIpc) is 3.24. The Labute approximate surface area is 186 Å². The molecule has 2 aliphatic heterocycles. The van der Waals surface area contributed by atoms with Gasteiger partial charge >= 0.3 is 6.09 Å². The quantitative estimate of drug-likeness (QED) is 0.629. The second-order valence-corrected chi connectivity index (χ2v) is 11.0. The number of hydrogen-bond donors (Lipinski definition) is 1. The molecule has 0 saturated carbocycles. The van der Waals surface area contributed by atoms with Crippen LogP contribution in [0, 0.1) is 0 Å². The van der Waals surface area contributed by atoms with E-state index in [4.69, 9.17) is 9.47 Å². The first-order chi connectivity index (χ1) is 15.3. The van der Waals surface area contributed by atoms with Crippen LogP contribution in [-0.4, -0.2) is 66.7 Å². The van der Waals surface area contributed by atoms with Crippen LogP contribution in [0.25, 0.3) is 0 Å². The molecule has 0 spiro atoms. The van der Waals surface area contributed by atoms with Crippen molar-refractivity contribution in [1.29, 1.82) is 0 Å². The minimum atomic E-state index is -3.87. The summed E-state index contributed by atoms with van der Waals surface area (Å²) >= 11 is 0. The lowest BCUT2D eigenvalue weighted by Crippen LogP contribution is -2.40. The zero-order valence-corrected chi connectivity index (χ0v) is 18.8. The first kappa shape index (κ1) is 22.7. The van der Waals surface area contributed by atoms with Crippen LogP contribution < -0.4 is 9.62 Å². The summed E-state index contributed by atoms with van der Waals surface area (Å²) in [5.41, 5.74) is 1.29. The van der Waals surface area contributed by atoms with Gasteiger partial charge in [-0.05, 0) is 42.0 Å². The van der Waals surface area contributed by atoms with Gasteiger partial charge in [-0.25, -0.2) is 26.4 Å². The van der Waals surface area contributed by atoms with Gasteiger partial charge in [-0.1, -0.05) is 12.1 Å². The maximum absolute atomic E-state index is 12.7. The van der Waals surface area contributed by atoms with Crippen molar-refractivity contribution < 1.29 is 31.1 Å². The van der Waals surface area contributed by atoms with Crippen LogP contribution >= 0.6 is 0 Å². The number of carbonyl (C=O) groups is 1. The molecule has 2 saturated heterocycles. The fourth-order valence-corrected chi connectivity index (χ4v) is 5.88. The highest BCUT2D eigenvalue weighted by Crippen LogP contribution is 2.22. The van der Waals surface area contributed by atoms with Crippen molar-refractivity contribution in [2.24, 2.45) is 0 Å². The van der Waals surface area contributed by atoms with Gasteiger partial charge in [0.15, 0.2) is 0 Å². The standard InChI is InChI=1S/C20H23N3O7S2/c24-20-23(10-13-30-20)17-3-1-2-16(14-17)15-21-31(25,26)18-4-6-19(7-5-18)32(27,28)22-8-11-29-12-9-22/h1-7,14,21H,8-13,15H2. The average molecular weight is 482 g/mol. The van der Waals surface area contributed by atoms with Crippen molar-refractivity contribution in [2.45, 2.75) is 16.3 Å². The lowest BCUT2D eigenvalue weighted by molar-refractivity contribution is 0.0730. The van der Waals surface area contributed by atoms with Crippen molar-refractivity contribution in [1.82, 2.24) is 9.03 Å². The normalized spacial score (nSPS) is 18.0. The smallest absolute Gasteiger partial charge is 0.414 e. The number of hydrogen-bond acceptors (Lipinski definition) is 7. The van der Waals surface area contributed by atoms with Gasteiger partial charge in [0.05, 0.1) is 29.5 Å². The number of carbonyl (C=O) groups excluding carboxylic acids is 1. The minimum Gasteiger partial charge on any atom is -0.447 e. The largest absolute Gasteiger partial charge is 0.447 e. The van der Waals surface area contributed by atoms with Crippen LogP contribution in [0.1, 0.15) is 5.56 Å². The molecule has 0 aromatic heterocycles. The van der Waals surface area contributed by atoms with Crippen LogP contribution in [0.2, 0.25) is 0 Å². The molecule has 12 heteroatoms. The topological polar surface area (TPSA) is 122 Å². The molecule has 2 fully saturated rings. The molecule has 0 unspecified atom stereocenters. The molecule has 10 nitrogen and oxygen atoms in total. The number of nitrogens with zero attached hydrogens (tertiary/aromatic N) is 2. The fourth-order valence-electron chi connectivity index (χ4n) is 3.45. The van der Waals surface area contributed by atoms with Crippen LogP contribution in [0.15, 0.2) is 58.3 Å². The lowest BCUT2D eigenvalue weighted by Gasteiger charge is -2.26. The van der Waals surface area contributed by atoms with Crippen molar-refractivity contribution in [3.8, 4) is 0 Å². The van der Waals surface area contributed by atoms with E-state index in [2.05, 4.69) is 4.72 Å². The number of anilines is 1. The van der Waals surface area contributed by atoms with Gasteiger partial charge in [0, 0.05) is 25.3 Å². The predicted molar refractivity (Wildman–Crippen MR) is 115 cm³/mol. The number of amides is 1. The molecule has 2 aromatic rings. The van der Waals surface area contributed by atoms with E-state index < -0.39 is 26.1 Å². The molecular weight excluding hydrogens is 458 g/mol. The van der Waals surface area contributed by atoms with E-state index in [9.17, 15) is 21.6 Å². The summed E-state index contributed by atoms with van der Waals surface area (Å²) in [6.45, 7) is 1.94. The van der Waals surface area contributed by atoms with E-state index >= 15 is 0 Å². The van der Waals surface area contributed by atoms with E-state index in [1.54, 1.807) is 24.3 Å². The first-order valence-corrected chi connectivity index (χ1v) is 12.9. The predicted octanol–water partition coefficient (Wildman–Crippen LogP) is 1.14. The fraction of sp³-hybridized carbons (Fsp3) is 0.350. The zero-order valence-electron chi connectivity index (χ0n) is 17.1. The summed E-state index contributed by atoms with van der Waals surface area (Å²) in [4.78, 5) is 13.2. The first-order valence-electron chi connectivity index (χ1n) is 9.98. The zero-order chi connectivity index (χ0) is 22.8. The van der Waals surface area contributed by atoms with E-state index in [0.717, 1.165) is 0 Å². The Morgan fingerprint density at radius 2 is 1.56 bits per heavy atom. The molecule has 172 valence electrons. The van der Waals surface area contributed by atoms with Gasteiger partial charge in [-0.15, -0.1) is 0 Å². The Bertz CT molecular complexity index is 1190. The lowest BCUT2D eigenvalue weighted by atomic mass is 10.2. The summed E-state index contributed by atoms with van der Waals surface area (Å²) in [7, 11) is -7.57. The maximum Gasteiger partial charge on any atom is 0.414 e. The number of morpholine rings is 1. The van der Waals surface area contributed by atoms with E-state index in [0.29, 0.717) is 37.6 Å². The van der Waals surface area contributed by atoms with E-state index in [-0.39, 0.29) is 29.4 Å². The second kappa shape index (κ2) is 9.16. The Morgan fingerprint density at radius 1 is 0.875 bits per heavy atom. The minimum absolute atomic E-state index is 0.00683. The van der Waals surface area contributed by atoms with E-state index in [1.807, 2.05) is 0 Å². The highest BCUT2D eigenvalue weighted by atomic mass is 32.2. The van der Waals surface area contributed by atoms with E-state index in [1.165, 1.54) is 33.5 Å². The van der Waals surface area contributed by atoms with Gasteiger partial charge in [0.1, 0.15) is 6.61 Å². The summed E-state index contributed by atoms with van der Waals surface area (Å²) in [5.74, 6) is 0. The van der Waals surface area contributed by atoms with Gasteiger partial charge in [-0.3, -0.25) is 4.90 Å².